The van der Waals surface area contributed by atoms with Gasteiger partial charge in [0.05, 0.1) is 33.5 Å². The Balaban J connectivity index is 1.27. The summed E-state index contributed by atoms with van der Waals surface area (Å²) in [5, 5.41) is 17.0. The maximum Gasteiger partial charge on any atom is 0.245 e. The third kappa shape index (κ3) is 10.1. The van der Waals surface area contributed by atoms with Crippen molar-refractivity contribution in [3.05, 3.63) is 53.8 Å². The predicted molar refractivity (Wildman–Crippen MR) is 167 cm³/mol. The molecule has 0 unspecified atom stereocenters. The van der Waals surface area contributed by atoms with Gasteiger partial charge in [-0.1, -0.05) is 38.2 Å². The second-order valence-electron chi connectivity index (χ2n) is 12.1. The summed E-state index contributed by atoms with van der Waals surface area (Å²) in [7, 11) is 3.20. The summed E-state index contributed by atoms with van der Waals surface area (Å²) in [4.78, 5) is 16.2. The van der Waals surface area contributed by atoms with Crippen molar-refractivity contribution in [1.29, 1.82) is 0 Å². The number of anilines is 1. The maximum atomic E-state index is 13.7. The van der Waals surface area contributed by atoms with Crippen molar-refractivity contribution in [2.45, 2.75) is 75.9 Å². The number of rotatable bonds is 14. The molecule has 1 aliphatic heterocycles. The number of piperidine rings is 1. The molecule has 9 heteroatoms. The number of aliphatic hydroxyl groups is 1. The standard InChI is InChI=1S/C34H50FN3O5/c1-41-31-15-10-26(22-32(31)42-2)16-21-43-25-30(39)23-36-33(40)34(37-29-13-11-28(35)12-14-29)17-19-38(20-18-34)24-27-8-6-4-3-5-7-9-27/h10-15,22,27,30,37,39H,3-9,16-21,23-25H2,1-2H3,(H,36,40)/t30-/m1/s1. The monoisotopic (exact) mass is 599 g/mol. The quantitative estimate of drug-likeness (QED) is 0.258. The lowest BCUT2D eigenvalue weighted by atomic mass is 9.84. The van der Waals surface area contributed by atoms with Crippen molar-refractivity contribution in [2.24, 2.45) is 5.92 Å². The predicted octanol–water partition coefficient (Wildman–Crippen LogP) is 5.19. The molecule has 1 aliphatic carbocycles. The van der Waals surface area contributed by atoms with Crippen LogP contribution in [0.4, 0.5) is 10.1 Å². The highest BCUT2D eigenvalue weighted by atomic mass is 19.1. The highest BCUT2D eigenvalue weighted by molar-refractivity contribution is 5.89. The van der Waals surface area contributed by atoms with E-state index in [0.29, 0.717) is 43.1 Å². The Bertz CT molecular complexity index is 1120. The molecule has 1 atom stereocenters. The van der Waals surface area contributed by atoms with Gasteiger partial charge in [0, 0.05) is 31.9 Å². The van der Waals surface area contributed by atoms with Crippen LogP contribution in [0.25, 0.3) is 0 Å². The minimum Gasteiger partial charge on any atom is -0.493 e. The van der Waals surface area contributed by atoms with E-state index >= 15 is 0 Å². The van der Waals surface area contributed by atoms with Crippen molar-refractivity contribution in [2.75, 3.05) is 58.9 Å². The smallest absolute Gasteiger partial charge is 0.245 e. The van der Waals surface area contributed by atoms with E-state index in [1.54, 1.807) is 26.4 Å². The second kappa shape index (κ2) is 16.8. The van der Waals surface area contributed by atoms with Crippen molar-refractivity contribution in [1.82, 2.24) is 10.2 Å². The average molecular weight is 600 g/mol. The molecule has 1 saturated heterocycles. The van der Waals surface area contributed by atoms with Gasteiger partial charge in [0.1, 0.15) is 11.4 Å². The molecule has 2 aromatic carbocycles. The fourth-order valence-corrected chi connectivity index (χ4v) is 6.31. The number of halogens is 1. The van der Waals surface area contributed by atoms with Crippen molar-refractivity contribution < 1.29 is 28.5 Å². The van der Waals surface area contributed by atoms with Gasteiger partial charge in [-0.25, -0.2) is 4.39 Å². The minimum atomic E-state index is -0.836. The van der Waals surface area contributed by atoms with E-state index in [2.05, 4.69) is 15.5 Å². The zero-order valence-electron chi connectivity index (χ0n) is 25.9. The van der Waals surface area contributed by atoms with Crippen LogP contribution in [0.2, 0.25) is 0 Å². The summed E-state index contributed by atoms with van der Waals surface area (Å²) in [6.45, 7) is 3.36. The van der Waals surface area contributed by atoms with Crippen molar-refractivity contribution >= 4 is 11.6 Å². The number of likely N-dealkylation sites (tertiary alicyclic amines) is 1. The third-order valence-electron chi connectivity index (χ3n) is 8.90. The van der Waals surface area contributed by atoms with Gasteiger partial charge in [-0.15, -0.1) is 0 Å². The Labute approximate surface area is 256 Å². The van der Waals surface area contributed by atoms with Crippen LogP contribution in [0.5, 0.6) is 11.5 Å². The van der Waals surface area contributed by atoms with E-state index in [1.165, 1.54) is 57.1 Å². The maximum absolute atomic E-state index is 13.7. The number of benzene rings is 2. The molecule has 1 heterocycles. The van der Waals surface area contributed by atoms with E-state index in [4.69, 9.17) is 14.2 Å². The first kappa shape index (κ1) is 33.0. The summed E-state index contributed by atoms with van der Waals surface area (Å²) in [5.74, 6) is 1.61. The number of ether oxygens (including phenoxy) is 3. The van der Waals surface area contributed by atoms with Gasteiger partial charge in [-0.3, -0.25) is 4.79 Å². The Hall–Kier alpha value is -2.88. The lowest BCUT2D eigenvalue weighted by Crippen LogP contribution is -2.59. The largest absolute Gasteiger partial charge is 0.493 e. The number of hydrogen-bond acceptors (Lipinski definition) is 7. The molecular weight excluding hydrogens is 549 g/mol. The zero-order chi connectivity index (χ0) is 30.5. The minimum absolute atomic E-state index is 0.0911. The van der Waals surface area contributed by atoms with Crippen LogP contribution < -0.4 is 20.1 Å². The van der Waals surface area contributed by atoms with Gasteiger partial charge in [-0.2, -0.15) is 0 Å². The summed E-state index contributed by atoms with van der Waals surface area (Å²) >= 11 is 0. The van der Waals surface area contributed by atoms with E-state index < -0.39 is 11.6 Å². The first-order chi connectivity index (χ1) is 20.9. The number of carbonyl (C=O) groups excluding carboxylic acids is 1. The number of nitrogens with one attached hydrogen (secondary N) is 2. The molecular formula is C34H50FN3O5. The highest BCUT2D eigenvalue weighted by Crippen LogP contribution is 2.31. The number of methoxy groups -OCH3 is 2. The highest BCUT2D eigenvalue weighted by Gasteiger charge is 2.41. The Morgan fingerprint density at radius 3 is 2.35 bits per heavy atom. The molecule has 3 N–H and O–H groups in total. The average Bonchev–Trinajstić information content (AvgIpc) is 3.01. The normalized spacial score (nSPS) is 18.7. The van der Waals surface area contributed by atoms with Crippen LogP contribution in [0, 0.1) is 11.7 Å². The molecule has 2 aromatic rings. The van der Waals surface area contributed by atoms with Crippen LogP contribution in [0.3, 0.4) is 0 Å². The Morgan fingerprint density at radius 2 is 1.67 bits per heavy atom. The zero-order valence-corrected chi connectivity index (χ0v) is 25.9. The molecule has 8 nitrogen and oxygen atoms in total. The number of nitrogens with zero attached hydrogens (tertiary/aromatic N) is 1. The van der Waals surface area contributed by atoms with Gasteiger partial charge >= 0.3 is 0 Å². The van der Waals surface area contributed by atoms with Gasteiger partial charge < -0.3 is 34.9 Å². The summed E-state index contributed by atoms with van der Waals surface area (Å²) in [5.41, 5.74) is 0.919. The molecule has 238 valence electrons. The molecule has 0 spiro atoms. The molecule has 2 aliphatic rings. The fourth-order valence-electron chi connectivity index (χ4n) is 6.31. The van der Waals surface area contributed by atoms with Crippen LogP contribution >= 0.6 is 0 Å². The van der Waals surface area contributed by atoms with Crippen LogP contribution in [-0.2, 0) is 16.0 Å². The summed E-state index contributed by atoms with van der Waals surface area (Å²) < 4.78 is 29.9. The molecule has 43 heavy (non-hydrogen) atoms. The lowest BCUT2D eigenvalue weighted by molar-refractivity contribution is -0.127. The molecule has 0 bridgehead atoms. The fraction of sp³-hybridized carbons (Fsp3) is 0.618. The second-order valence-corrected chi connectivity index (χ2v) is 12.1. The first-order valence-corrected chi connectivity index (χ1v) is 15.9. The van der Waals surface area contributed by atoms with Crippen LogP contribution in [0.1, 0.15) is 63.4 Å². The van der Waals surface area contributed by atoms with Gasteiger partial charge in [0.25, 0.3) is 0 Å². The van der Waals surface area contributed by atoms with Gasteiger partial charge in [0.15, 0.2) is 11.5 Å². The van der Waals surface area contributed by atoms with Crippen molar-refractivity contribution in [3.63, 3.8) is 0 Å². The van der Waals surface area contributed by atoms with E-state index in [0.717, 1.165) is 31.1 Å². The molecule has 0 radical (unpaired) electrons. The van der Waals surface area contributed by atoms with Gasteiger partial charge in [-0.05, 0) is 80.0 Å². The lowest BCUT2D eigenvalue weighted by Gasteiger charge is -2.43. The number of carbonyl (C=O) groups is 1. The van der Waals surface area contributed by atoms with Gasteiger partial charge in [0.2, 0.25) is 5.91 Å². The topological polar surface area (TPSA) is 92.3 Å². The first-order valence-electron chi connectivity index (χ1n) is 15.9. The number of aliphatic hydroxyl groups excluding tert-OH is 1. The molecule has 2 fully saturated rings. The van der Waals surface area contributed by atoms with Crippen LogP contribution in [0.15, 0.2) is 42.5 Å². The van der Waals surface area contributed by atoms with E-state index in [1.807, 2.05) is 18.2 Å². The molecule has 1 saturated carbocycles. The van der Waals surface area contributed by atoms with E-state index in [9.17, 15) is 14.3 Å². The third-order valence-corrected chi connectivity index (χ3v) is 8.90. The van der Waals surface area contributed by atoms with Crippen molar-refractivity contribution in [3.8, 4) is 11.5 Å². The Morgan fingerprint density at radius 1 is 1.00 bits per heavy atom. The molecule has 4 rings (SSSR count). The summed E-state index contributed by atoms with van der Waals surface area (Å²) in [6.07, 6.45) is 10.4. The molecule has 1 amide bonds. The molecule has 0 aromatic heterocycles. The Kier molecular flexibility index (Phi) is 12.9. The van der Waals surface area contributed by atoms with Crippen LogP contribution in [-0.4, -0.2) is 81.2 Å². The number of hydrogen-bond donors (Lipinski definition) is 3. The number of amides is 1. The van der Waals surface area contributed by atoms with E-state index in [-0.39, 0.29) is 24.9 Å². The SMILES string of the molecule is COc1ccc(CCOC[C@H](O)CNC(=O)C2(Nc3ccc(F)cc3)CCN(CC3CCCCCCC3)CC2)cc1OC. The summed E-state index contributed by atoms with van der Waals surface area (Å²) in [6, 6.07) is 11.9.